The van der Waals surface area contributed by atoms with Gasteiger partial charge in [-0.25, -0.2) is 0 Å². The number of thiol groups is 1. The summed E-state index contributed by atoms with van der Waals surface area (Å²) in [6, 6.07) is 5.58. The molecule has 1 heterocycles. The fourth-order valence-corrected chi connectivity index (χ4v) is 1.57. The van der Waals surface area contributed by atoms with Crippen LogP contribution in [0.4, 0.5) is 0 Å². The molecule has 0 N–H and O–H groups in total. The maximum Gasteiger partial charge on any atom is 0.318 e. The Labute approximate surface area is 76.0 Å². The lowest BCUT2D eigenvalue weighted by Gasteiger charge is -1.99. The molecule has 12 heavy (non-hydrogen) atoms. The van der Waals surface area contributed by atoms with Gasteiger partial charge in [0.1, 0.15) is 5.75 Å². The molecule has 0 aromatic heterocycles. The van der Waals surface area contributed by atoms with Crippen molar-refractivity contribution in [2.24, 2.45) is 0 Å². The third-order valence-electron chi connectivity index (χ3n) is 2.05. The van der Waals surface area contributed by atoms with Gasteiger partial charge < -0.3 is 4.74 Å². The lowest BCUT2D eigenvalue weighted by Crippen LogP contribution is -2.05. The molecule has 0 spiro atoms. The van der Waals surface area contributed by atoms with Gasteiger partial charge in [-0.15, -0.1) is 12.6 Å². The predicted molar refractivity (Wildman–Crippen MR) is 47.7 cm³/mol. The van der Waals surface area contributed by atoms with Crippen LogP contribution in [0.25, 0.3) is 0 Å². The highest BCUT2D eigenvalue weighted by Gasteiger charge is 2.30. The highest BCUT2D eigenvalue weighted by molar-refractivity contribution is 7.80. The van der Waals surface area contributed by atoms with Crippen molar-refractivity contribution in [3.63, 3.8) is 0 Å². The van der Waals surface area contributed by atoms with Crippen molar-refractivity contribution < 1.29 is 9.53 Å². The summed E-state index contributed by atoms with van der Waals surface area (Å²) in [5.74, 6) is 0.289. The number of para-hydroxylation sites is 1. The van der Waals surface area contributed by atoms with E-state index >= 15 is 0 Å². The largest absolute Gasteiger partial charge is 0.425 e. The van der Waals surface area contributed by atoms with Crippen molar-refractivity contribution in [2.45, 2.75) is 17.7 Å². The van der Waals surface area contributed by atoms with Crippen LogP contribution in [-0.4, -0.2) is 5.97 Å². The molecule has 1 aliphatic rings. The summed E-state index contributed by atoms with van der Waals surface area (Å²) in [7, 11) is 0. The fourth-order valence-electron chi connectivity index (χ4n) is 1.31. The minimum Gasteiger partial charge on any atom is -0.425 e. The van der Waals surface area contributed by atoms with Crippen molar-refractivity contribution in [1.82, 2.24) is 0 Å². The molecular formula is C9H8O2S. The molecule has 1 aromatic carbocycles. The van der Waals surface area contributed by atoms with Crippen LogP contribution in [0.3, 0.4) is 0 Å². The molecule has 0 amide bonds. The van der Waals surface area contributed by atoms with Crippen LogP contribution in [0.2, 0.25) is 0 Å². The van der Waals surface area contributed by atoms with Gasteiger partial charge in [0.2, 0.25) is 0 Å². The summed E-state index contributed by atoms with van der Waals surface area (Å²) in [6.45, 7) is 1.83. The van der Waals surface area contributed by atoms with E-state index in [1.165, 1.54) is 0 Å². The Bertz CT molecular complexity index is 346. The van der Waals surface area contributed by atoms with Crippen molar-refractivity contribution in [3.05, 3.63) is 23.8 Å². The van der Waals surface area contributed by atoms with Crippen LogP contribution in [0.1, 0.15) is 18.4 Å². The second-order valence-corrected chi connectivity index (χ2v) is 3.32. The predicted octanol–water partition coefficient (Wildman–Crippen LogP) is 2.00. The summed E-state index contributed by atoms with van der Waals surface area (Å²) in [4.78, 5) is 11.9. The molecule has 62 valence electrons. The van der Waals surface area contributed by atoms with Gasteiger partial charge in [0, 0.05) is 10.5 Å². The SMILES string of the molecule is CC1C(=O)Oc2c(S)cccc21. The van der Waals surface area contributed by atoms with Crippen LogP contribution in [0.15, 0.2) is 23.1 Å². The first-order chi connectivity index (χ1) is 5.70. The molecule has 3 heteroatoms. The Balaban J connectivity index is 2.60. The van der Waals surface area contributed by atoms with E-state index in [-0.39, 0.29) is 11.9 Å². The number of hydrogen-bond acceptors (Lipinski definition) is 3. The highest BCUT2D eigenvalue weighted by atomic mass is 32.1. The van der Waals surface area contributed by atoms with E-state index in [9.17, 15) is 4.79 Å². The van der Waals surface area contributed by atoms with Crippen molar-refractivity contribution in [2.75, 3.05) is 0 Å². The standard InChI is InChI=1S/C9H8O2S/c1-5-6-3-2-4-7(12)8(6)11-9(5)10/h2-5,12H,1H3. The number of benzene rings is 1. The maximum atomic E-state index is 11.1. The first-order valence-corrected chi connectivity index (χ1v) is 4.18. The van der Waals surface area contributed by atoms with E-state index in [4.69, 9.17) is 4.74 Å². The maximum absolute atomic E-state index is 11.1. The highest BCUT2D eigenvalue weighted by Crippen LogP contribution is 2.38. The smallest absolute Gasteiger partial charge is 0.318 e. The van der Waals surface area contributed by atoms with Gasteiger partial charge in [-0.2, -0.15) is 0 Å². The van der Waals surface area contributed by atoms with Crippen molar-refractivity contribution >= 4 is 18.6 Å². The monoisotopic (exact) mass is 180 g/mol. The normalized spacial score (nSPS) is 20.5. The molecule has 0 fully saturated rings. The van der Waals surface area contributed by atoms with Crippen LogP contribution >= 0.6 is 12.6 Å². The molecule has 0 saturated carbocycles. The second-order valence-electron chi connectivity index (χ2n) is 2.84. The average molecular weight is 180 g/mol. The lowest BCUT2D eigenvalue weighted by molar-refractivity contribution is -0.133. The quantitative estimate of drug-likeness (QED) is 0.375. The zero-order chi connectivity index (χ0) is 8.72. The molecule has 2 rings (SSSR count). The molecule has 0 bridgehead atoms. The molecular weight excluding hydrogens is 172 g/mol. The molecule has 0 saturated heterocycles. The van der Waals surface area contributed by atoms with E-state index in [0.717, 1.165) is 10.5 Å². The van der Waals surface area contributed by atoms with Gasteiger partial charge in [0.15, 0.2) is 0 Å². The van der Waals surface area contributed by atoms with Crippen LogP contribution in [0.5, 0.6) is 5.75 Å². The minimum atomic E-state index is -0.188. The Morgan fingerprint density at radius 2 is 2.25 bits per heavy atom. The topological polar surface area (TPSA) is 26.3 Å². The van der Waals surface area contributed by atoms with E-state index in [2.05, 4.69) is 12.6 Å². The average Bonchev–Trinajstić information content (AvgIpc) is 2.32. The molecule has 1 atom stereocenters. The number of ether oxygens (including phenoxy) is 1. The second kappa shape index (κ2) is 2.52. The number of carbonyl (C=O) groups is 1. The van der Waals surface area contributed by atoms with Crippen molar-refractivity contribution in [3.8, 4) is 5.75 Å². The van der Waals surface area contributed by atoms with E-state index in [1.54, 1.807) is 0 Å². The van der Waals surface area contributed by atoms with Gasteiger partial charge in [-0.1, -0.05) is 12.1 Å². The summed E-state index contributed by atoms with van der Waals surface area (Å²) in [5.41, 5.74) is 0.938. The lowest BCUT2D eigenvalue weighted by atomic mass is 10.0. The number of hydrogen-bond donors (Lipinski definition) is 1. The van der Waals surface area contributed by atoms with Gasteiger partial charge in [-0.3, -0.25) is 4.79 Å². The van der Waals surface area contributed by atoms with Crippen LogP contribution in [0, 0.1) is 0 Å². The fraction of sp³-hybridized carbons (Fsp3) is 0.222. The molecule has 0 radical (unpaired) electrons. The van der Waals surface area contributed by atoms with Gasteiger partial charge in [-0.05, 0) is 13.0 Å². The number of carbonyl (C=O) groups excluding carboxylic acids is 1. The van der Waals surface area contributed by atoms with Gasteiger partial charge in [0.05, 0.1) is 5.92 Å². The number of fused-ring (bicyclic) bond motifs is 1. The number of rotatable bonds is 0. The molecule has 1 aromatic rings. The minimum absolute atomic E-state index is 0.146. The number of esters is 1. The van der Waals surface area contributed by atoms with Crippen LogP contribution < -0.4 is 4.74 Å². The first kappa shape index (κ1) is 7.68. The Morgan fingerprint density at radius 3 is 2.92 bits per heavy atom. The van der Waals surface area contributed by atoms with Crippen LogP contribution in [-0.2, 0) is 4.79 Å². The van der Waals surface area contributed by atoms with E-state index in [1.807, 2.05) is 25.1 Å². The van der Waals surface area contributed by atoms with Crippen molar-refractivity contribution in [1.29, 1.82) is 0 Å². The summed E-state index contributed by atoms with van der Waals surface area (Å²) in [6.07, 6.45) is 0. The summed E-state index contributed by atoms with van der Waals surface area (Å²) >= 11 is 4.19. The molecule has 1 aliphatic heterocycles. The molecule has 0 aliphatic carbocycles. The Morgan fingerprint density at radius 1 is 1.50 bits per heavy atom. The first-order valence-electron chi connectivity index (χ1n) is 3.73. The third kappa shape index (κ3) is 0.932. The van der Waals surface area contributed by atoms with E-state index in [0.29, 0.717) is 5.75 Å². The van der Waals surface area contributed by atoms with Gasteiger partial charge >= 0.3 is 5.97 Å². The van der Waals surface area contributed by atoms with E-state index < -0.39 is 0 Å². The Hall–Kier alpha value is -0.960. The zero-order valence-corrected chi connectivity index (χ0v) is 7.47. The summed E-state index contributed by atoms with van der Waals surface area (Å²) < 4.78 is 5.03. The molecule has 2 nitrogen and oxygen atoms in total. The zero-order valence-electron chi connectivity index (χ0n) is 6.57. The summed E-state index contributed by atoms with van der Waals surface area (Å²) in [5, 5.41) is 0. The van der Waals surface area contributed by atoms with Gasteiger partial charge in [0.25, 0.3) is 0 Å². The Kier molecular flexibility index (Phi) is 1.61. The molecule has 1 unspecified atom stereocenters. The third-order valence-corrected chi connectivity index (χ3v) is 2.40.